The zero-order valence-electron chi connectivity index (χ0n) is 22.5. The minimum atomic E-state index is -1.17. The SMILES string of the molecule is C[C@@H]1CN(c2cc(-c3c4cc(OC5(C)CC5)ccc4nn3COCC[Si](C)(C)C)ncn2)C[C@H](C)N1. The minimum Gasteiger partial charge on any atom is -0.488 e. The van der Waals surface area contributed by atoms with Gasteiger partial charge in [0.15, 0.2) is 0 Å². The van der Waals surface area contributed by atoms with E-state index in [1.807, 2.05) is 16.8 Å². The molecule has 0 amide bonds. The lowest BCUT2D eigenvalue weighted by Crippen LogP contribution is -2.54. The summed E-state index contributed by atoms with van der Waals surface area (Å²) in [6, 6.07) is 10.2. The number of nitrogens with zero attached hydrogens (tertiary/aromatic N) is 5. The van der Waals surface area contributed by atoms with Gasteiger partial charge in [0.1, 0.15) is 30.2 Å². The monoisotopic (exact) mass is 508 g/mol. The molecule has 0 bridgehead atoms. The first kappa shape index (κ1) is 25.2. The van der Waals surface area contributed by atoms with Crippen LogP contribution in [0, 0.1) is 0 Å². The molecular formula is C27H40N6O2Si. The summed E-state index contributed by atoms with van der Waals surface area (Å²) in [4.78, 5) is 11.7. The van der Waals surface area contributed by atoms with Gasteiger partial charge in [-0.2, -0.15) is 5.10 Å². The Morgan fingerprint density at radius 1 is 1.08 bits per heavy atom. The van der Waals surface area contributed by atoms with E-state index in [4.69, 9.17) is 19.6 Å². The van der Waals surface area contributed by atoms with Crippen molar-refractivity contribution in [3.63, 3.8) is 0 Å². The maximum Gasteiger partial charge on any atom is 0.140 e. The summed E-state index contributed by atoms with van der Waals surface area (Å²) in [5.74, 6) is 1.82. The molecule has 3 aromatic rings. The van der Waals surface area contributed by atoms with E-state index in [1.54, 1.807) is 6.33 Å². The third-order valence-electron chi connectivity index (χ3n) is 7.01. The van der Waals surface area contributed by atoms with E-state index < -0.39 is 8.07 Å². The van der Waals surface area contributed by atoms with Crippen LogP contribution in [-0.4, -0.2) is 65.2 Å². The molecule has 8 nitrogen and oxygen atoms in total. The van der Waals surface area contributed by atoms with Crippen molar-refractivity contribution < 1.29 is 9.47 Å². The van der Waals surface area contributed by atoms with Crippen LogP contribution in [-0.2, 0) is 11.5 Å². The molecule has 2 aromatic heterocycles. The molecule has 194 valence electrons. The van der Waals surface area contributed by atoms with Gasteiger partial charge in [0, 0.05) is 51.3 Å². The Morgan fingerprint density at radius 2 is 1.83 bits per heavy atom. The normalized spacial score (nSPS) is 21.7. The first-order valence-corrected chi connectivity index (χ1v) is 16.9. The van der Waals surface area contributed by atoms with Crippen molar-refractivity contribution in [2.75, 3.05) is 24.6 Å². The van der Waals surface area contributed by atoms with E-state index in [0.29, 0.717) is 18.8 Å². The molecule has 3 heterocycles. The molecule has 1 aliphatic carbocycles. The van der Waals surface area contributed by atoms with Crippen molar-refractivity contribution in [2.45, 2.75) is 83.7 Å². The van der Waals surface area contributed by atoms with E-state index in [0.717, 1.165) is 72.4 Å². The van der Waals surface area contributed by atoms with Crippen molar-refractivity contribution in [3.05, 3.63) is 30.6 Å². The van der Waals surface area contributed by atoms with Gasteiger partial charge in [-0.3, -0.25) is 0 Å². The predicted octanol–water partition coefficient (Wildman–Crippen LogP) is 4.92. The predicted molar refractivity (Wildman–Crippen MR) is 147 cm³/mol. The fraction of sp³-hybridized carbons (Fsp3) is 0.593. The van der Waals surface area contributed by atoms with E-state index in [2.05, 4.69) is 67.7 Å². The topological polar surface area (TPSA) is 77.3 Å². The number of benzene rings is 1. The lowest BCUT2D eigenvalue weighted by atomic mass is 10.1. The van der Waals surface area contributed by atoms with Gasteiger partial charge in [0.05, 0.1) is 16.9 Å². The first-order chi connectivity index (χ1) is 17.1. The number of ether oxygens (including phenoxy) is 2. The Hall–Kier alpha value is -2.49. The Kier molecular flexibility index (Phi) is 6.82. The summed E-state index contributed by atoms with van der Waals surface area (Å²) >= 11 is 0. The smallest absolute Gasteiger partial charge is 0.140 e. The molecule has 5 rings (SSSR count). The lowest BCUT2D eigenvalue weighted by molar-refractivity contribution is 0.0802. The van der Waals surface area contributed by atoms with Gasteiger partial charge >= 0.3 is 0 Å². The molecule has 36 heavy (non-hydrogen) atoms. The van der Waals surface area contributed by atoms with Crippen LogP contribution in [0.25, 0.3) is 22.3 Å². The fourth-order valence-corrected chi connectivity index (χ4v) is 5.55. The Bertz CT molecular complexity index is 1210. The molecule has 0 radical (unpaired) electrons. The Morgan fingerprint density at radius 3 is 2.53 bits per heavy atom. The maximum atomic E-state index is 6.29. The van der Waals surface area contributed by atoms with Crippen LogP contribution >= 0.6 is 0 Å². The number of anilines is 1. The number of piperazine rings is 1. The van der Waals surface area contributed by atoms with Crippen molar-refractivity contribution in [3.8, 4) is 17.1 Å². The molecule has 1 aromatic carbocycles. The van der Waals surface area contributed by atoms with Gasteiger partial charge in [0.2, 0.25) is 0 Å². The third-order valence-corrected chi connectivity index (χ3v) is 8.72. The second kappa shape index (κ2) is 9.76. The molecule has 2 atom stereocenters. The van der Waals surface area contributed by atoms with Crippen molar-refractivity contribution in [2.24, 2.45) is 0 Å². The van der Waals surface area contributed by atoms with Gasteiger partial charge < -0.3 is 19.7 Å². The van der Waals surface area contributed by atoms with Crippen LogP contribution in [0.2, 0.25) is 25.7 Å². The molecule has 0 spiro atoms. The quantitative estimate of drug-likeness (QED) is 0.325. The van der Waals surface area contributed by atoms with Crippen LogP contribution in [0.3, 0.4) is 0 Å². The summed E-state index contributed by atoms with van der Waals surface area (Å²) in [7, 11) is -1.17. The van der Waals surface area contributed by atoms with E-state index >= 15 is 0 Å². The number of hydrogen-bond acceptors (Lipinski definition) is 7. The van der Waals surface area contributed by atoms with Gasteiger partial charge in [-0.25, -0.2) is 14.6 Å². The lowest BCUT2D eigenvalue weighted by Gasteiger charge is -2.36. The molecule has 1 aliphatic heterocycles. The van der Waals surface area contributed by atoms with Crippen molar-refractivity contribution in [1.82, 2.24) is 25.1 Å². The summed E-state index contributed by atoms with van der Waals surface area (Å²) in [6.45, 7) is 16.7. The molecule has 0 unspecified atom stereocenters. The highest BCUT2D eigenvalue weighted by molar-refractivity contribution is 6.76. The zero-order chi connectivity index (χ0) is 25.5. The summed E-state index contributed by atoms with van der Waals surface area (Å²) < 4.78 is 14.4. The molecular weight excluding hydrogens is 468 g/mol. The largest absolute Gasteiger partial charge is 0.488 e. The summed E-state index contributed by atoms with van der Waals surface area (Å²) in [5, 5.41) is 9.53. The highest BCUT2D eigenvalue weighted by Crippen LogP contribution is 2.41. The van der Waals surface area contributed by atoms with E-state index in [1.165, 1.54) is 0 Å². The minimum absolute atomic E-state index is 0.0401. The van der Waals surface area contributed by atoms with Crippen LogP contribution < -0.4 is 15.0 Å². The second-order valence-electron chi connectivity index (χ2n) is 12.1. The average molecular weight is 509 g/mol. The molecule has 1 saturated heterocycles. The molecule has 9 heteroatoms. The van der Waals surface area contributed by atoms with Crippen molar-refractivity contribution >= 4 is 24.8 Å². The standard InChI is InChI=1S/C27H40N6O2Si/c1-19-15-32(16-20(2)30-19)25-14-24(28-17-29-25)26-22-13-21(35-27(3)9-10-27)7-8-23(22)31-33(26)18-34-11-12-36(4,5)6/h7-8,13-14,17,19-20,30H,9-12,15-16,18H2,1-6H3/t19-,20+. The highest BCUT2D eigenvalue weighted by Gasteiger charge is 2.40. The maximum absolute atomic E-state index is 6.29. The first-order valence-electron chi connectivity index (χ1n) is 13.2. The number of nitrogens with one attached hydrogen (secondary N) is 1. The Balaban J connectivity index is 1.49. The second-order valence-corrected chi connectivity index (χ2v) is 17.7. The number of aromatic nitrogens is 4. The van der Waals surface area contributed by atoms with E-state index in [9.17, 15) is 0 Å². The number of rotatable bonds is 9. The van der Waals surface area contributed by atoms with Crippen LogP contribution in [0.5, 0.6) is 5.75 Å². The summed E-state index contributed by atoms with van der Waals surface area (Å²) in [6.07, 6.45) is 3.86. The summed E-state index contributed by atoms with van der Waals surface area (Å²) in [5.41, 5.74) is 2.67. The average Bonchev–Trinajstić information content (AvgIpc) is 3.41. The fourth-order valence-electron chi connectivity index (χ4n) is 4.79. The Labute approximate surface area is 215 Å². The van der Waals surface area contributed by atoms with E-state index in [-0.39, 0.29) is 5.60 Å². The highest BCUT2D eigenvalue weighted by atomic mass is 28.3. The van der Waals surface area contributed by atoms with Gasteiger partial charge in [-0.05, 0) is 57.9 Å². The number of hydrogen-bond donors (Lipinski definition) is 1. The van der Waals surface area contributed by atoms with Crippen LogP contribution in [0.15, 0.2) is 30.6 Å². The zero-order valence-corrected chi connectivity index (χ0v) is 23.5. The van der Waals surface area contributed by atoms with Crippen molar-refractivity contribution in [1.29, 1.82) is 0 Å². The number of fused-ring (bicyclic) bond motifs is 1. The van der Waals surface area contributed by atoms with Crippen LogP contribution in [0.1, 0.15) is 33.6 Å². The van der Waals surface area contributed by atoms with Gasteiger partial charge in [0.25, 0.3) is 0 Å². The molecule has 2 fully saturated rings. The van der Waals surface area contributed by atoms with Gasteiger partial charge in [-0.15, -0.1) is 0 Å². The third kappa shape index (κ3) is 5.90. The van der Waals surface area contributed by atoms with Crippen LogP contribution in [0.4, 0.5) is 5.82 Å². The molecule has 2 aliphatic rings. The molecule has 1 N–H and O–H groups in total. The van der Waals surface area contributed by atoms with Gasteiger partial charge in [-0.1, -0.05) is 19.6 Å². The molecule has 1 saturated carbocycles.